The van der Waals surface area contributed by atoms with Crippen molar-refractivity contribution in [1.82, 2.24) is 4.90 Å². The fourth-order valence-corrected chi connectivity index (χ4v) is 2.59. The standard InChI is InChI=1S/C14H28N2O3/c1-14(2,3)10-16(13(17)18)12(8-15)7-11-5-4-6-19-9-11/h11-12H,4-10,15H2,1-3H3,(H,17,18)/t11-,12+/m1/s1. The summed E-state index contributed by atoms with van der Waals surface area (Å²) in [5, 5.41) is 9.41. The predicted molar refractivity (Wildman–Crippen MR) is 75.2 cm³/mol. The summed E-state index contributed by atoms with van der Waals surface area (Å²) in [4.78, 5) is 13.0. The van der Waals surface area contributed by atoms with Crippen molar-refractivity contribution >= 4 is 6.09 Å². The first-order valence-corrected chi connectivity index (χ1v) is 7.11. The molecule has 0 aromatic rings. The maximum Gasteiger partial charge on any atom is 0.407 e. The molecule has 112 valence electrons. The molecule has 0 bridgehead atoms. The van der Waals surface area contributed by atoms with Crippen molar-refractivity contribution in [3.63, 3.8) is 0 Å². The Labute approximate surface area is 116 Å². The van der Waals surface area contributed by atoms with Crippen LogP contribution in [-0.4, -0.2) is 48.4 Å². The normalized spacial score (nSPS) is 22.0. The van der Waals surface area contributed by atoms with Crippen LogP contribution in [0.25, 0.3) is 0 Å². The maximum absolute atomic E-state index is 11.5. The second kappa shape index (κ2) is 7.10. The first-order valence-electron chi connectivity index (χ1n) is 7.11. The molecule has 1 amide bonds. The van der Waals surface area contributed by atoms with Crippen LogP contribution in [-0.2, 0) is 4.74 Å². The fourth-order valence-electron chi connectivity index (χ4n) is 2.59. The van der Waals surface area contributed by atoms with Crippen molar-refractivity contribution in [2.24, 2.45) is 17.1 Å². The molecular weight excluding hydrogens is 244 g/mol. The Hall–Kier alpha value is -0.810. The van der Waals surface area contributed by atoms with Gasteiger partial charge in [0.15, 0.2) is 0 Å². The van der Waals surface area contributed by atoms with E-state index in [9.17, 15) is 9.90 Å². The van der Waals surface area contributed by atoms with Crippen LogP contribution in [0, 0.1) is 11.3 Å². The van der Waals surface area contributed by atoms with Crippen LogP contribution in [0.3, 0.4) is 0 Å². The minimum absolute atomic E-state index is 0.0606. The summed E-state index contributed by atoms with van der Waals surface area (Å²) in [6.07, 6.45) is 2.11. The number of nitrogens with zero attached hydrogens (tertiary/aromatic N) is 1. The third kappa shape index (κ3) is 5.78. The van der Waals surface area contributed by atoms with E-state index in [1.165, 1.54) is 4.90 Å². The molecule has 0 spiro atoms. The van der Waals surface area contributed by atoms with E-state index in [-0.39, 0.29) is 11.5 Å². The third-order valence-corrected chi connectivity index (χ3v) is 3.46. The average molecular weight is 272 g/mol. The van der Waals surface area contributed by atoms with Crippen molar-refractivity contribution in [2.45, 2.75) is 46.1 Å². The molecule has 0 saturated carbocycles. The Bertz CT molecular complexity index is 283. The minimum Gasteiger partial charge on any atom is -0.465 e. The summed E-state index contributed by atoms with van der Waals surface area (Å²) in [5.41, 5.74) is 5.74. The quantitative estimate of drug-likeness (QED) is 0.804. The molecule has 1 rings (SSSR count). The van der Waals surface area contributed by atoms with Gasteiger partial charge in [-0.25, -0.2) is 4.79 Å². The van der Waals surface area contributed by atoms with Crippen LogP contribution >= 0.6 is 0 Å². The molecule has 0 aliphatic carbocycles. The average Bonchev–Trinajstić information content (AvgIpc) is 2.33. The Balaban J connectivity index is 2.64. The molecule has 1 aliphatic rings. The zero-order chi connectivity index (χ0) is 14.5. The highest BCUT2D eigenvalue weighted by Gasteiger charge is 2.29. The van der Waals surface area contributed by atoms with Gasteiger partial charge in [0.1, 0.15) is 0 Å². The minimum atomic E-state index is -0.873. The molecule has 0 aromatic carbocycles. The van der Waals surface area contributed by atoms with E-state index in [4.69, 9.17) is 10.5 Å². The van der Waals surface area contributed by atoms with Gasteiger partial charge in [-0.3, -0.25) is 0 Å². The number of nitrogens with two attached hydrogens (primary N) is 1. The molecule has 1 fully saturated rings. The highest BCUT2D eigenvalue weighted by Crippen LogP contribution is 2.24. The van der Waals surface area contributed by atoms with Gasteiger partial charge in [0.2, 0.25) is 0 Å². The van der Waals surface area contributed by atoms with Crippen molar-refractivity contribution in [3.05, 3.63) is 0 Å². The highest BCUT2D eigenvalue weighted by atomic mass is 16.5. The molecule has 5 heteroatoms. The van der Waals surface area contributed by atoms with Crippen molar-refractivity contribution in [1.29, 1.82) is 0 Å². The second-order valence-corrected chi connectivity index (χ2v) is 6.68. The van der Waals surface area contributed by atoms with E-state index in [0.29, 0.717) is 19.0 Å². The van der Waals surface area contributed by atoms with Crippen LogP contribution in [0.5, 0.6) is 0 Å². The molecular formula is C14H28N2O3. The van der Waals surface area contributed by atoms with E-state index >= 15 is 0 Å². The molecule has 19 heavy (non-hydrogen) atoms. The first kappa shape index (κ1) is 16.2. The molecule has 1 heterocycles. The lowest BCUT2D eigenvalue weighted by atomic mass is 9.91. The summed E-state index contributed by atoms with van der Waals surface area (Å²) in [5.74, 6) is 0.434. The Morgan fingerprint density at radius 2 is 2.21 bits per heavy atom. The summed E-state index contributed by atoms with van der Waals surface area (Å²) in [7, 11) is 0. The molecule has 3 N–H and O–H groups in total. The lowest BCUT2D eigenvalue weighted by molar-refractivity contribution is 0.0343. The van der Waals surface area contributed by atoms with Gasteiger partial charge < -0.3 is 20.5 Å². The monoisotopic (exact) mass is 272 g/mol. The molecule has 0 radical (unpaired) electrons. The number of carbonyl (C=O) groups is 1. The molecule has 0 aromatic heterocycles. The van der Waals surface area contributed by atoms with Gasteiger partial charge in [0.25, 0.3) is 0 Å². The van der Waals surface area contributed by atoms with Crippen LogP contribution in [0.15, 0.2) is 0 Å². The zero-order valence-corrected chi connectivity index (χ0v) is 12.4. The van der Waals surface area contributed by atoms with Gasteiger partial charge >= 0.3 is 6.09 Å². The van der Waals surface area contributed by atoms with Crippen LogP contribution in [0.1, 0.15) is 40.0 Å². The van der Waals surface area contributed by atoms with E-state index in [0.717, 1.165) is 32.5 Å². The van der Waals surface area contributed by atoms with Crippen LogP contribution < -0.4 is 5.73 Å². The van der Waals surface area contributed by atoms with Gasteiger partial charge in [0.05, 0.1) is 0 Å². The number of amides is 1. The lowest BCUT2D eigenvalue weighted by Gasteiger charge is -2.36. The Morgan fingerprint density at radius 1 is 1.53 bits per heavy atom. The molecule has 2 atom stereocenters. The SMILES string of the molecule is CC(C)(C)CN(C(=O)O)[C@H](CN)C[C@H]1CCCOC1. The van der Waals surface area contributed by atoms with Gasteiger partial charge in [-0.1, -0.05) is 20.8 Å². The molecule has 1 saturated heterocycles. The largest absolute Gasteiger partial charge is 0.465 e. The smallest absolute Gasteiger partial charge is 0.407 e. The predicted octanol–water partition coefficient (Wildman–Crippen LogP) is 2.16. The number of carboxylic acid groups (broad SMARTS) is 1. The fraction of sp³-hybridized carbons (Fsp3) is 0.929. The Morgan fingerprint density at radius 3 is 2.63 bits per heavy atom. The van der Waals surface area contributed by atoms with E-state index < -0.39 is 6.09 Å². The van der Waals surface area contributed by atoms with Gasteiger partial charge in [-0.05, 0) is 30.6 Å². The zero-order valence-electron chi connectivity index (χ0n) is 12.4. The van der Waals surface area contributed by atoms with Gasteiger partial charge in [-0.2, -0.15) is 0 Å². The number of ether oxygens (including phenoxy) is 1. The topological polar surface area (TPSA) is 75.8 Å². The maximum atomic E-state index is 11.5. The van der Waals surface area contributed by atoms with Crippen LogP contribution in [0.2, 0.25) is 0 Å². The van der Waals surface area contributed by atoms with E-state index in [2.05, 4.69) is 0 Å². The van der Waals surface area contributed by atoms with Gasteiger partial charge in [-0.15, -0.1) is 0 Å². The summed E-state index contributed by atoms with van der Waals surface area (Å²) >= 11 is 0. The van der Waals surface area contributed by atoms with Crippen LogP contribution in [0.4, 0.5) is 4.79 Å². The van der Waals surface area contributed by atoms with E-state index in [1.807, 2.05) is 20.8 Å². The first-order chi connectivity index (χ1) is 8.83. The molecule has 5 nitrogen and oxygen atoms in total. The summed E-state index contributed by atoms with van der Waals surface area (Å²) in [6, 6.07) is -0.108. The molecule has 1 aliphatic heterocycles. The summed E-state index contributed by atoms with van der Waals surface area (Å²) < 4.78 is 5.46. The van der Waals surface area contributed by atoms with Crippen molar-refractivity contribution in [2.75, 3.05) is 26.3 Å². The number of hydrogen-bond acceptors (Lipinski definition) is 3. The summed E-state index contributed by atoms with van der Waals surface area (Å²) in [6.45, 7) is 8.57. The van der Waals surface area contributed by atoms with E-state index in [1.54, 1.807) is 0 Å². The number of rotatable bonds is 5. The Kier molecular flexibility index (Phi) is 6.07. The second-order valence-electron chi connectivity index (χ2n) is 6.68. The van der Waals surface area contributed by atoms with Crippen molar-refractivity contribution < 1.29 is 14.6 Å². The lowest BCUT2D eigenvalue weighted by Crippen LogP contribution is -2.48. The van der Waals surface area contributed by atoms with Crippen molar-refractivity contribution in [3.8, 4) is 0 Å². The molecule has 0 unspecified atom stereocenters. The highest BCUT2D eigenvalue weighted by molar-refractivity contribution is 5.65. The number of hydrogen-bond donors (Lipinski definition) is 2. The third-order valence-electron chi connectivity index (χ3n) is 3.46. The van der Waals surface area contributed by atoms with Gasteiger partial charge in [0, 0.05) is 32.3 Å².